The molecule has 0 saturated heterocycles. The van der Waals surface area contributed by atoms with E-state index in [2.05, 4.69) is 24.3 Å². The van der Waals surface area contributed by atoms with Crippen molar-refractivity contribution in [2.45, 2.75) is 39.9 Å². The lowest BCUT2D eigenvalue weighted by atomic mass is 10.0. The minimum Gasteiger partial charge on any atom is -0.467 e. The average molecular weight is 380 g/mol. The fraction of sp³-hybridized carbons (Fsp3) is 0.364. The molecule has 0 fully saturated rings. The molecule has 0 saturated carbocycles. The zero-order valence-electron chi connectivity index (χ0n) is 16.7. The summed E-state index contributed by atoms with van der Waals surface area (Å²) in [5.41, 5.74) is 2.00. The number of hydrogen-bond acceptors (Lipinski definition) is 3. The highest BCUT2D eigenvalue weighted by atomic mass is 16.3. The van der Waals surface area contributed by atoms with E-state index in [4.69, 9.17) is 4.42 Å². The van der Waals surface area contributed by atoms with E-state index < -0.39 is 0 Å². The number of nitrogens with one attached hydrogen (secondary N) is 1. The minimum absolute atomic E-state index is 0.122. The van der Waals surface area contributed by atoms with Gasteiger partial charge in [0, 0.05) is 24.8 Å². The normalized spacial score (nSPS) is 12.1. The molecule has 0 aliphatic rings. The van der Waals surface area contributed by atoms with Crippen LogP contribution in [-0.2, 0) is 13.1 Å². The van der Waals surface area contributed by atoms with E-state index in [0.717, 1.165) is 17.7 Å². The van der Waals surface area contributed by atoms with Crippen LogP contribution in [0.3, 0.4) is 0 Å². The van der Waals surface area contributed by atoms with Crippen LogP contribution >= 0.6 is 0 Å². The standard InChI is InChI=1S/C22H28N4O2/c1-4-26-16-18(13-23-26)15-25(14-17(2)3)22(27)24-21(20-11-8-12-28-20)19-9-6-5-7-10-19/h5-13,16-17,21H,4,14-15H2,1-3H3,(H,24,27)/t21-/m0/s1. The third-order valence-electron chi connectivity index (χ3n) is 4.49. The van der Waals surface area contributed by atoms with Gasteiger partial charge in [0.1, 0.15) is 11.8 Å². The molecule has 3 aromatic rings. The summed E-state index contributed by atoms with van der Waals surface area (Å²) >= 11 is 0. The lowest BCUT2D eigenvalue weighted by Gasteiger charge is -2.27. The first-order valence-corrected chi connectivity index (χ1v) is 9.72. The van der Waals surface area contributed by atoms with Crippen molar-refractivity contribution in [3.63, 3.8) is 0 Å². The van der Waals surface area contributed by atoms with Crippen LogP contribution in [0.1, 0.15) is 43.7 Å². The van der Waals surface area contributed by atoms with Crippen LogP contribution in [0.25, 0.3) is 0 Å². The fourth-order valence-electron chi connectivity index (χ4n) is 3.18. The predicted molar refractivity (Wildman–Crippen MR) is 109 cm³/mol. The summed E-state index contributed by atoms with van der Waals surface area (Å²) in [4.78, 5) is 15.0. The number of rotatable bonds is 8. The Morgan fingerprint density at radius 1 is 1.21 bits per heavy atom. The number of benzene rings is 1. The Labute approximate surface area is 166 Å². The lowest BCUT2D eigenvalue weighted by molar-refractivity contribution is 0.184. The highest BCUT2D eigenvalue weighted by Crippen LogP contribution is 2.23. The number of aromatic nitrogens is 2. The van der Waals surface area contributed by atoms with Gasteiger partial charge in [-0.15, -0.1) is 0 Å². The first kappa shape index (κ1) is 19.7. The average Bonchev–Trinajstić information content (AvgIpc) is 3.37. The lowest BCUT2D eigenvalue weighted by Crippen LogP contribution is -2.43. The quantitative estimate of drug-likeness (QED) is 0.628. The van der Waals surface area contributed by atoms with Gasteiger partial charge in [0.2, 0.25) is 0 Å². The summed E-state index contributed by atoms with van der Waals surface area (Å²) in [7, 11) is 0. The minimum atomic E-state index is -0.336. The van der Waals surface area contributed by atoms with Crippen molar-refractivity contribution in [1.29, 1.82) is 0 Å². The van der Waals surface area contributed by atoms with Crippen LogP contribution in [0, 0.1) is 5.92 Å². The maximum atomic E-state index is 13.2. The maximum absolute atomic E-state index is 13.2. The van der Waals surface area contributed by atoms with Gasteiger partial charge >= 0.3 is 6.03 Å². The Balaban J connectivity index is 1.80. The smallest absolute Gasteiger partial charge is 0.318 e. The van der Waals surface area contributed by atoms with E-state index in [9.17, 15) is 4.79 Å². The number of carbonyl (C=O) groups excluding carboxylic acids is 1. The number of hydrogen-bond donors (Lipinski definition) is 1. The summed E-state index contributed by atoms with van der Waals surface area (Å²) in [6.07, 6.45) is 5.44. The van der Waals surface area contributed by atoms with Gasteiger partial charge in [-0.3, -0.25) is 4.68 Å². The van der Waals surface area contributed by atoms with E-state index in [1.165, 1.54) is 0 Å². The van der Waals surface area contributed by atoms with E-state index in [1.807, 2.05) is 71.4 Å². The molecule has 2 heterocycles. The van der Waals surface area contributed by atoms with Crippen LogP contribution in [0.4, 0.5) is 4.79 Å². The zero-order chi connectivity index (χ0) is 19.9. The van der Waals surface area contributed by atoms with E-state index in [1.54, 1.807) is 6.26 Å². The van der Waals surface area contributed by atoms with Crippen LogP contribution < -0.4 is 5.32 Å². The molecule has 0 aliphatic carbocycles. The number of carbonyl (C=O) groups is 1. The molecule has 0 radical (unpaired) electrons. The van der Waals surface area contributed by atoms with Crippen LogP contribution in [0.5, 0.6) is 0 Å². The summed E-state index contributed by atoms with van der Waals surface area (Å²) in [5, 5.41) is 7.47. The monoisotopic (exact) mass is 380 g/mol. The Kier molecular flexibility index (Phi) is 6.53. The Morgan fingerprint density at radius 2 is 2.00 bits per heavy atom. The van der Waals surface area contributed by atoms with Gasteiger partial charge in [0.05, 0.1) is 19.0 Å². The summed E-state index contributed by atoms with van der Waals surface area (Å²) in [6.45, 7) is 8.24. The largest absolute Gasteiger partial charge is 0.467 e. The van der Waals surface area contributed by atoms with Gasteiger partial charge in [-0.05, 0) is 30.5 Å². The van der Waals surface area contributed by atoms with Crippen LogP contribution in [0.15, 0.2) is 65.5 Å². The number of urea groups is 1. The summed E-state index contributed by atoms with van der Waals surface area (Å²) in [6, 6.07) is 13.1. The maximum Gasteiger partial charge on any atom is 0.318 e. The molecule has 28 heavy (non-hydrogen) atoms. The van der Waals surface area contributed by atoms with Crippen molar-refractivity contribution < 1.29 is 9.21 Å². The predicted octanol–water partition coefficient (Wildman–Crippen LogP) is 4.45. The van der Waals surface area contributed by atoms with Gasteiger partial charge in [-0.2, -0.15) is 5.10 Å². The number of furan rings is 1. The van der Waals surface area contributed by atoms with Crippen molar-refractivity contribution >= 4 is 6.03 Å². The van der Waals surface area contributed by atoms with Crippen LogP contribution in [-0.4, -0.2) is 27.3 Å². The van der Waals surface area contributed by atoms with Gasteiger partial charge in [-0.25, -0.2) is 4.79 Å². The number of amides is 2. The molecule has 0 unspecified atom stereocenters. The molecule has 1 atom stereocenters. The summed E-state index contributed by atoms with van der Waals surface area (Å²) < 4.78 is 7.47. The van der Waals surface area contributed by atoms with Crippen molar-refractivity contribution in [2.24, 2.45) is 5.92 Å². The molecule has 0 bridgehead atoms. The molecule has 1 N–H and O–H groups in total. The Hall–Kier alpha value is -3.02. The van der Waals surface area contributed by atoms with Gasteiger partial charge in [-0.1, -0.05) is 44.2 Å². The second kappa shape index (κ2) is 9.26. The molecule has 0 spiro atoms. The number of nitrogens with zero attached hydrogens (tertiary/aromatic N) is 3. The molecular formula is C22H28N4O2. The molecule has 2 amide bonds. The number of aryl methyl sites for hydroxylation is 1. The van der Waals surface area contributed by atoms with Gasteiger partial charge in [0.15, 0.2) is 0 Å². The van der Waals surface area contributed by atoms with Crippen LogP contribution in [0.2, 0.25) is 0 Å². The second-order valence-electron chi connectivity index (χ2n) is 7.29. The van der Waals surface area contributed by atoms with E-state index in [0.29, 0.717) is 24.8 Å². The van der Waals surface area contributed by atoms with E-state index >= 15 is 0 Å². The fourth-order valence-corrected chi connectivity index (χ4v) is 3.18. The third kappa shape index (κ3) is 5.03. The highest BCUT2D eigenvalue weighted by Gasteiger charge is 2.23. The molecule has 0 aliphatic heterocycles. The van der Waals surface area contributed by atoms with Crippen molar-refractivity contribution in [3.05, 3.63) is 78.0 Å². The molecule has 3 rings (SSSR count). The van der Waals surface area contributed by atoms with Crippen molar-refractivity contribution in [2.75, 3.05) is 6.54 Å². The molecule has 1 aromatic carbocycles. The Bertz CT molecular complexity index is 856. The first-order chi connectivity index (χ1) is 13.6. The summed E-state index contributed by atoms with van der Waals surface area (Å²) in [5.74, 6) is 1.06. The Morgan fingerprint density at radius 3 is 2.61 bits per heavy atom. The molecule has 2 aromatic heterocycles. The first-order valence-electron chi connectivity index (χ1n) is 9.72. The van der Waals surface area contributed by atoms with Crippen molar-refractivity contribution in [1.82, 2.24) is 20.0 Å². The zero-order valence-corrected chi connectivity index (χ0v) is 16.7. The third-order valence-corrected chi connectivity index (χ3v) is 4.49. The van der Waals surface area contributed by atoms with Gasteiger partial charge in [0.25, 0.3) is 0 Å². The van der Waals surface area contributed by atoms with Gasteiger partial charge < -0.3 is 14.6 Å². The molecule has 6 nitrogen and oxygen atoms in total. The van der Waals surface area contributed by atoms with Crippen molar-refractivity contribution in [3.8, 4) is 0 Å². The second-order valence-corrected chi connectivity index (χ2v) is 7.29. The molecular weight excluding hydrogens is 352 g/mol. The molecule has 6 heteroatoms. The highest BCUT2D eigenvalue weighted by molar-refractivity contribution is 5.75. The molecule has 148 valence electrons. The SMILES string of the molecule is CCn1cc(CN(CC(C)C)C(=O)N[C@@H](c2ccccc2)c2ccco2)cn1. The topological polar surface area (TPSA) is 63.3 Å². The van der Waals surface area contributed by atoms with E-state index in [-0.39, 0.29) is 12.1 Å².